The molecule has 1 unspecified atom stereocenters. The van der Waals surface area contributed by atoms with E-state index in [4.69, 9.17) is 5.11 Å². The highest BCUT2D eigenvalue weighted by molar-refractivity contribution is 6.03. The Labute approximate surface area is 121 Å². The fourth-order valence-corrected chi connectivity index (χ4v) is 1.98. The van der Waals surface area contributed by atoms with E-state index in [1.165, 1.54) is 23.9 Å². The number of carboxylic acid groups (broad SMARTS) is 1. The van der Waals surface area contributed by atoms with E-state index in [-0.39, 0.29) is 5.69 Å². The Morgan fingerprint density at radius 3 is 2.71 bits per heavy atom. The van der Waals surface area contributed by atoms with Gasteiger partial charge in [0, 0.05) is 12.7 Å². The average Bonchev–Trinajstić information content (AvgIpc) is 3.05. The van der Waals surface area contributed by atoms with Gasteiger partial charge in [-0.15, -0.1) is 0 Å². The molecule has 0 saturated heterocycles. The highest BCUT2D eigenvalue weighted by Gasteiger charge is 2.21. The van der Waals surface area contributed by atoms with Crippen molar-refractivity contribution in [3.63, 3.8) is 0 Å². The molecular weight excluding hydrogens is 274 g/mol. The highest BCUT2D eigenvalue weighted by Crippen LogP contribution is 2.16. The molecule has 2 aromatic heterocycles. The van der Waals surface area contributed by atoms with Crippen LogP contribution in [0.15, 0.2) is 18.5 Å². The summed E-state index contributed by atoms with van der Waals surface area (Å²) in [7, 11) is 0. The summed E-state index contributed by atoms with van der Waals surface area (Å²) in [6, 6.07) is 0.564. The van der Waals surface area contributed by atoms with Crippen molar-refractivity contribution in [2.75, 3.05) is 5.32 Å². The molecule has 8 heteroatoms. The lowest BCUT2D eigenvalue weighted by molar-refractivity contribution is -0.140. The minimum Gasteiger partial charge on any atom is -0.480 e. The first kappa shape index (κ1) is 14.8. The number of amides is 1. The van der Waals surface area contributed by atoms with Crippen molar-refractivity contribution in [1.82, 2.24) is 19.6 Å². The lowest BCUT2D eigenvalue weighted by atomic mass is 10.3. The predicted octanol–water partition coefficient (Wildman–Crippen LogP) is 1.31. The average molecular weight is 291 g/mol. The van der Waals surface area contributed by atoms with Crippen LogP contribution in [-0.2, 0) is 11.3 Å². The van der Waals surface area contributed by atoms with Crippen LogP contribution in [0.25, 0.3) is 0 Å². The van der Waals surface area contributed by atoms with Gasteiger partial charge in [-0.2, -0.15) is 10.2 Å². The number of nitrogens with zero attached hydrogens (tertiary/aromatic N) is 4. The lowest BCUT2D eigenvalue weighted by Crippen LogP contribution is -2.24. The number of aliphatic carboxylic acids is 1. The van der Waals surface area contributed by atoms with Crippen LogP contribution >= 0.6 is 0 Å². The maximum absolute atomic E-state index is 12.3. The zero-order valence-electron chi connectivity index (χ0n) is 12.1. The molecule has 1 atom stereocenters. The second-order valence-electron chi connectivity index (χ2n) is 4.59. The number of aromatic nitrogens is 4. The molecule has 2 heterocycles. The maximum atomic E-state index is 12.3. The number of rotatable bonds is 5. The van der Waals surface area contributed by atoms with Gasteiger partial charge in [0.2, 0.25) is 0 Å². The van der Waals surface area contributed by atoms with Gasteiger partial charge in [-0.1, -0.05) is 0 Å². The SMILES string of the molecule is CCn1ncc(NC(=O)c2ccnn2C(C)C(=O)O)c1C. The van der Waals surface area contributed by atoms with Gasteiger partial charge in [-0.3, -0.25) is 9.48 Å². The fourth-order valence-electron chi connectivity index (χ4n) is 1.98. The summed E-state index contributed by atoms with van der Waals surface area (Å²) in [5.41, 5.74) is 1.62. The maximum Gasteiger partial charge on any atom is 0.328 e. The molecule has 2 N–H and O–H groups in total. The molecule has 0 aliphatic carbocycles. The number of carboxylic acids is 1. The molecular formula is C13H17N5O3. The summed E-state index contributed by atoms with van der Waals surface area (Å²) in [5.74, 6) is -1.47. The van der Waals surface area contributed by atoms with Gasteiger partial charge in [0.15, 0.2) is 0 Å². The van der Waals surface area contributed by atoms with Crippen LogP contribution < -0.4 is 5.32 Å². The molecule has 0 fully saturated rings. The van der Waals surface area contributed by atoms with E-state index in [9.17, 15) is 9.59 Å². The van der Waals surface area contributed by atoms with Gasteiger partial charge < -0.3 is 10.4 Å². The zero-order chi connectivity index (χ0) is 15.6. The van der Waals surface area contributed by atoms with Crippen LogP contribution in [0.5, 0.6) is 0 Å². The predicted molar refractivity (Wildman–Crippen MR) is 75.2 cm³/mol. The zero-order valence-corrected chi connectivity index (χ0v) is 12.1. The van der Waals surface area contributed by atoms with Gasteiger partial charge in [-0.05, 0) is 26.8 Å². The third-order valence-corrected chi connectivity index (χ3v) is 3.28. The molecule has 0 aromatic carbocycles. The van der Waals surface area contributed by atoms with Crippen molar-refractivity contribution in [3.05, 3.63) is 29.8 Å². The Kier molecular flexibility index (Phi) is 4.06. The highest BCUT2D eigenvalue weighted by atomic mass is 16.4. The van der Waals surface area contributed by atoms with Crippen LogP contribution in [0, 0.1) is 6.92 Å². The lowest BCUT2D eigenvalue weighted by Gasteiger charge is -2.11. The third-order valence-electron chi connectivity index (χ3n) is 3.28. The first-order valence-electron chi connectivity index (χ1n) is 6.55. The first-order valence-corrected chi connectivity index (χ1v) is 6.55. The van der Waals surface area contributed by atoms with Gasteiger partial charge in [-0.25, -0.2) is 9.48 Å². The summed E-state index contributed by atoms with van der Waals surface area (Å²) >= 11 is 0. The summed E-state index contributed by atoms with van der Waals surface area (Å²) in [6.45, 7) is 5.97. The molecule has 2 aromatic rings. The Morgan fingerprint density at radius 1 is 1.43 bits per heavy atom. The minimum absolute atomic E-state index is 0.188. The molecule has 0 bridgehead atoms. The van der Waals surface area contributed by atoms with E-state index in [0.717, 1.165) is 5.69 Å². The number of hydrogen-bond donors (Lipinski definition) is 2. The summed E-state index contributed by atoms with van der Waals surface area (Å²) < 4.78 is 2.93. The van der Waals surface area contributed by atoms with E-state index in [2.05, 4.69) is 15.5 Å². The molecule has 0 radical (unpaired) electrons. The van der Waals surface area contributed by atoms with Gasteiger partial charge in [0.05, 0.1) is 17.6 Å². The van der Waals surface area contributed by atoms with Gasteiger partial charge in [0.1, 0.15) is 11.7 Å². The van der Waals surface area contributed by atoms with Crippen molar-refractivity contribution in [2.45, 2.75) is 33.4 Å². The number of aryl methyl sites for hydroxylation is 1. The molecule has 0 spiro atoms. The van der Waals surface area contributed by atoms with Crippen LogP contribution in [-0.4, -0.2) is 36.5 Å². The Morgan fingerprint density at radius 2 is 2.14 bits per heavy atom. The van der Waals surface area contributed by atoms with E-state index in [1.807, 2.05) is 13.8 Å². The first-order chi connectivity index (χ1) is 9.95. The molecule has 21 heavy (non-hydrogen) atoms. The topological polar surface area (TPSA) is 102 Å². The molecule has 112 valence electrons. The smallest absolute Gasteiger partial charge is 0.328 e. The number of nitrogens with one attached hydrogen (secondary N) is 1. The van der Waals surface area contributed by atoms with Crippen molar-refractivity contribution in [2.24, 2.45) is 0 Å². The van der Waals surface area contributed by atoms with Crippen LogP contribution in [0.2, 0.25) is 0 Å². The van der Waals surface area contributed by atoms with Crippen molar-refractivity contribution in [1.29, 1.82) is 0 Å². The fraction of sp³-hybridized carbons (Fsp3) is 0.385. The van der Waals surface area contributed by atoms with E-state index >= 15 is 0 Å². The minimum atomic E-state index is -1.05. The van der Waals surface area contributed by atoms with Crippen LogP contribution in [0.4, 0.5) is 5.69 Å². The normalized spacial score (nSPS) is 12.1. The standard InChI is InChI=1S/C13H17N5O3/c1-4-17-8(2)10(7-15-17)16-12(19)11-5-6-14-18(11)9(3)13(20)21/h5-7,9H,4H2,1-3H3,(H,16,19)(H,20,21). The van der Waals surface area contributed by atoms with Gasteiger partial charge >= 0.3 is 5.97 Å². The van der Waals surface area contributed by atoms with E-state index in [0.29, 0.717) is 12.2 Å². The molecule has 0 aliphatic rings. The number of carbonyl (C=O) groups is 2. The van der Waals surface area contributed by atoms with Crippen molar-refractivity contribution in [3.8, 4) is 0 Å². The number of hydrogen-bond acceptors (Lipinski definition) is 4. The molecule has 0 saturated carbocycles. The molecule has 0 aliphatic heterocycles. The quantitative estimate of drug-likeness (QED) is 0.864. The largest absolute Gasteiger partial charge is 0.480 e. The second kappa shape index (κ2) is 5.78. The summed E-state index contributed by atoms with van der Waals surface area (Å²) in [4.78, 5) is 23.3. The van der Waals surface area contributed by atoms with Crippen molar-refractivity contribution >= 4 is 17.6 Å². The monoisotopic (exact) mass is 291 g/mol. The van der Waals surface area contributed by atoms with Crippen LogP contribution in [0.3, 0.4) is 0 Å². The number of anilines is 1. The van der Waals surface area contributed by atoms with Gasteiger partial charge in [0.25, 0.3) is 5.91 Å². The Bertz CT molecular complexity index is 673. The molecule has 2 rings (SSSR count). The summed E-state index contributed by atoms with van der Waals surface area (Å²) in [5, 5.41) is 19.8. The summed E-state index contributed by atoms with van der Waals surface area (Å²) in [6.07, 6.45) is 2.97. The second-order valence-corrected chi connectivity index (χ2v) is 4.59. The molecule has 8 nitrogen and oxygen atoms in total. The Hall–Kier alpha value is -2.64. The van der Waals surface area contributed by atoms with E-state index in [1.54, 1.807) is 10.9 Å². The van der Waals surface area contributed by atoms with Crippen LogP contribution in [0.1, 0.15) is 36.1 Å². The van der Waals surface area contributed by atoms with Crippen molar-refractivity contribution < 1.29 is 14.7 Å². The number of carbonyl (C=O) groups excluding carboxylic acids is 1. The van der Waals surface area contributed by atoms with E-state index < -0.39 is 17.9 Å². The molecule has 1 amide bonds. The Balaban J connectivity index is 2.23. The third kappa shape index (κ3) is 2.78.